The molecular formula is C9H16FN. The summed E-state index contributed by atoms with van der Waals surface area (Å²) in [7, 11) is 0. The van der Waals surface area contributed by atoms with Crippen LogP contribution in [0.15, 0.2) is 24.3 Å². The minimum atomic E-state index is -1.15. The van der Waals surface area contributed by atoms with Gasteiger partial charge in [0.2, 0.25) is 0 Å². The van der Waals surface area contributed by atoms with Crippen molar-refractivity contribution >= 4 is 0 Å². The third kappa shape index (κ3) is 3.33. The Balaban J connectivity index is 4.35. The fraction of sp³-hybridized carbons (Fsp3) is 0.556. The minimum absolute atomic E-state index is 0.927. The predicted octanol–water partition coefficient (Wildman–Crippen LogP) is 2.19. The smallest absolute Gasteiger partial charge is 0.140 e. The Bertz CT molecular complexity index is 166. The van der Waals surface area contributed by atoms with Crippen molar-refractivity contribution < 1.29 is 4.39 Å². The lowest BCUT2D eigenvalue weighted by atomic mass is 9.96. The maximum atomic E-state index is 13.2. The molecule has 0 aromatic heterocycles. The minimum Gasteiger partial charge on any atom is -0.319 e. The van der Waals surface area contributed by atoms with E-state index in [-0.39, 0.29) is 0 Å². The van der Waals surface area contributed by atoms with Gasteiger partial charge in [0.25, 0.3) is 0 Å². The van der Waals surface area contributed by atoms with Crippen LogP contribution in [-0.2, 0) is 0 Å². The first kappa shape index (κ1) is 10.4. The molecule has 0 aromatic carbocycles. The summed E-state index contributed by atoms with van der Waals surface area (Å²) >= 11 is 0. The van der Waals surface area contributed by atoms with Gasteiger partial charge in [0.1, 0.15) is 6.17 Å². The van der Waals surface area contributed by atoms with Gasteiger partial charge in [-0.2, -0.15) is 0 Å². The molecule has 11 heavy (non-hydrogen) atoms. The summed E-state index contributed by atoms with van der Waals surface area (Å²) < 4.78 is 13.2. The Morgan fingerprint density at radius 1 is 1.64 bits per heavy atom. The van der Waals surface area contributed by atoms with Crippen LogP contribution < -0.4 is 5.73 Å². The summed E-state index contributed by atoms with van der Waals surface area (Å²) in [6.45, 7) is 8.76. The van der Waals surface area contributed by atoms with E-state index in [1.165, 1.54) is 12.2 Å². The van der Waals surface area contributed by atoms with Crippen molar-refractivity contribution in [3.05, 3.63) is 24.3 Å². The fourth-order valence-corrected chi connectivity index (χ4v) is 0.585. The van der Waals surface area contributed by atoms with E-state index in [0.717, 1.165) is 5.57 Å². The van der Waals surface area contributed by atoms with Gasteiger partial charge >= 0.3 is 0 Å². The molecule has 0 saturated heterocycles. The molecule has 0 saturated carbocycles. The number of alkyl halides is 1. The summed E-state index contributed by atoms with van der Waals surface area (Å²) in [6, 6.07) is 0. The third-order valence-electron chi connectivity index (χ3n) is 1.51. The number of hydrogen-bond donors (Lipinski definition) is 1. The standard InChI is InChI=1S/C9H16FN/c1-5-9(4,11)8(10)6-7(2)3/h5-6,8H,1,11H2,2-4H3. The van der Waals surface area contributed by atoms with Gasteiger partial charge in [-0.25, -0.2) is 4.39 Å². The average molecular weight is 157 g/mol. The molecule has 0 aliphatic rings. The van der Waals surface area contributed by atoms with Crippen LogP contribution in [0.4, 0.5) is 4.39 Å². The van der Waals surface area contributed by atoms with Crippen LogP contribution >= 0.6 is 0 Å². The van der Waals surface area contributed by atoms with E-state index in [0.29, 0.717) is 0 Å². The van der Waals surface area contributed by atoms with Crippen LogP contribution in [0, 0.1) is 0 Å². The normalized spacial score (nSPS) is 18.3. The second kappa shape index (κ2) is 3.67. The summed E-state index contributed by atoms with van der Waals surface area (Å²) in [4.78, 5) is 0. The van der Waals surface area contributed by atoms with Crippen LogP contribution in [0.5, 0.6) is 0 Å². The quantitative estimate of drug-likeness (QED) is 0.624. The van der Waals surface area contributed by atoms with Gasteiger partial charge in [0, 0.05) is 0 Å². The molecule has 2 unspecified atom stereocenters. The first-order valence-electron chi connectivity index (χ1n) is 3.61. The number of allylic oxidation sites excluding steroid dienone is 1. The highest BCUT2D eigenvalue weighted by molar-refractivity contribution is 5.12. The lowest BCUT2D eigenvalue weighted by Gasteiger charge is -2.22. The molecule has 2 atom stereocenters. The predicted molar refractivity (Wildman–Crippen MR) is 47.1 cm³/mol. The van der Waals surface area contributed by atoms with Crippen molar-refractivity contribution in [1.82, 2.24) is 0 Å². The Labute approximate surface area is 67.8 Å². The first-order chi connectivity index (χ1) is 4.90. The van der Waals surface area contributed by atoms with Crippen LogP contribution in [0.3, 0.4) is 0 Å². The number of hydrogen-bond acceptors (Lipinski definition) is 1. The van der Waals surface area contributed by atoms with Crippen molar-refractivity contribution in [3.8, 4) is 0 Å². The van der Waals surface area contributed by atoms with Gasteiger partial charge in [0.05, 0.1) is 5.54 Å². The Morgan fingerprint density at radius 3 is 2.36 bits per heavy atom. The topological polar surface area (TPSA) is 26.0 Å². The third-order valence-corrected chi connectivity index (χ3v) is 1.51. The summed E-state index contributed by atoms with van der Waals surface area (Å²) in [5, 5.41) is 0. The first-order valence-corrected chi connectivity index (χ1v) is 3.61. The van der Waals surface area contributed by atoms with Crippen molar-refractivity contribution in [2.24, 2.45) is 5.73 Å². The molecule has 0 radical (unpaired) electrons. The van der Waals surface area contributed by atoms with Crippen molar-refractivity contribution in [1.29, 1.82) is 0 Å². The van der Waals surface area contributed by atoms with Gasteiger partial charge in [-0.1, -0.05) is 11.6 Å². The van der Waals surface area contributed by atoms with E-state index in [9.17, 15) is 4.39 Å². The largest absolute Gasteiger partial charge is 0.319 e. The van der Waals surface area contributed by atoms with E-state index < -0.39 is 11.7 Å². The zero-order valence-corrected chi connectivity index (χ0v) is 7.39. The molecule has 0 spiro atoms. The lowest BCUT2D eigenvalue weighted by molar-refractivity contribution is 0.296. The lowest BCUT2D eigenvalue weighted by Crippen LogP contribution is -2.42. The van der Waals surface area contributed by atoms with Crippen LogP contribution in [0.2, 0.25) is 0 Å². The van der Waals surface area contributed by atoms with Crippen molar-refractivity contribution in [2.45, 2.75) is 32.5 Å². The molecular weight excluding hydrogens is 141 g/mol. The zero-order chi connectivity index (χ0) is 9.07. The zero-order valence-electron chi connectivity index (χ0n) is 7.39. The maximum absolute atomic E-state index is 13.2. The molecule has 0 amide bonds. The average Bonchev–Trinajstić information content (AvgIpc) is 1.86. The van der Waals surface area contributed by atoms with E-state index in [1.54, 1.807) is 6.92 Å². The van der Waals surface area contributed by atoms with Crippen LogP contribution in [-0.4, -0.2) is 11.7 Å². The van der Waals surface area contributed by atoms with Crippen LogP contribution in [0.1, 0.15) is 20.8 Å². The number of nitrogens with two attached hydrogens (primary N) is 1. The Morgan fingerprint density at radius 2 is 2.09 bits per heavy atom. The SMILES string of the molecule is C=CC(C)(N)C(F)C=C(C)C. The number of rotatable bonds is 3. The van der Waals surface area contributed by atoms with E-state index in [2.05, 4.69) is 6.58 Å². The molecule has 0 aliphatic heterocycles. The highest BCUT2D eigenvalue weighted by atomic mass is 19.1. The van der Waals surface area contributed by atoms with Gasteiger partial charge < -0.3 is 5.73 Å². The highest BCUT2D eigenvalue weighted by Crippen LogP contribution is 2.14. The number of halogens is 1. The van der Waals surface area contributed by atoms with E-state index in [1.807, 2.05) is 13.8 Å². The van der Waals surface area contributed by atoms with Gasteiger partial charge in [0.15, 0.2) is 0 Å². The molecule has 0 heterocycles. The monoisotopic (exact) mass is 157 g/mol. The second-order valence-electron chi connectivity index (χ2n) is 3.22. The molecule has 64 valence electrons. The Hall–Kier alpha value is -0.630. The van der Waals surface area contributed by atoms with Crippen molar-refractivity contribution in [2.75, 3.05) is 0 Å². The fourth-order valence-electron chi connectivity index (χ4n) is 0.585. The second-order valence-corrected chi connectivity index (χ2v) is 3.22. The van der Waals surface area contributed by atoms with Gasteiger partial charge in [-0.3, -0.25) is 0 Å². The summed E-state index contributed by atoms with van der Waals surface area (Å²) in [5.41, 5.74) is 5.55. The molecule has 2 heteroatoms. The van der Waals surface area contributed by atoms with Gasteiger partial charge in [-0.05, 0) is 26.8 Å². The molecule has 0 aliphatic carbocycles. The summed E-state index contributed by atoms with van der Waals surface area (Å²) in [5.74, 6) is 0. The molecule has 0 aromatic rings. The molecule has 2 N–H and O–H groups in total. The highest BCUT2D eigenvalue weighted by Gasteiger charge is 2.24. The van der Waals surface area contributed by atoms with E-state index in [4.69, 9.17) is 5.73 Å². The van der Waals surface area contributed by atoms with Gasteiger partial charge in [-0.15, -0.1) is 6.58 Å². The van der Waals surface area contributed by atoms with E-state index >= 15 is 0 Å². The maximum Gasteiger partial charge on any atom is 0.140 e. The Kier molecular flexibility index (Phi) is 3.46. The van der Waals surface area contributed by atoms with Crippen LogP contribution in [0.25, 0.3) is 0 Å². The molecule has 1 nitrogen and oxygen atoms in total. The molecule has 0 bridgehead atoms. The molecule has 0 fully saturated rings. The van der Waals surface area contributed by atoms with Crippen molar-refractivity contribution in [3.63, 3.8) is 0 Å². The summed E-state index contributed by atoms with van der Waals surface area (Å²) in [6.07, 6.45) is 1.78. The molecule has 0 rings (SSSR count).